The van der Waals surface area contributed by atoms with Gasteiger partial charge in [-0.1, -0.05) is 35.3 Å². The van der Waals surface area contributed by atoms with Gasteiger partial charge in [0.2, 0.25) is 0 Å². The van der Waals surface area contributed by atoms with Gasteiger partial charge in [0.05, 0.1) is 15.6 Å². The van der Waals surface area contributed by atoms with Gasteiger partial charge in [-0.15, -0.1) is 0 Å². The number of phenols is 1. The highest BCUT2D eigenvalue weighted by atomic mass is 35.5. The Labute approximate surface area is 131 Å². The molecule has 0 amide bonds. The Bertz CT molecular complexity index is 623. The maximum absolute atomic E-state index is 11.7. The molecule has 6 heteroatoms. The summed E-state index contributed by atoms with van der Waals surface area (Å²) in [5.41, 5.74) is 0.269. The summed E-state index contributed by atoms with van der Waals surface area (Å²) in [5, 5.41) is 10.1. The molecule has 0 heterocycles. The van der Waals surface area contributed by atoms with E-state index < -0.39 is 5.97 Å². The molecular weight excluding hydrogens is 315 g/mol. The molecule has 0 aliphatic carbocycles. The Balaban J connectivity index is 1.84. The minimum atomic E-state index is -0.542. The standard InChI is InChI=1S/C15H12Cl2O4/c16-12-5-2-6-13(17)14(12)20-7-8-21-15(19)10-3-1-4-11(18)9-10/h1-6,9,18H,7-8H2. The number of hydrogen-bond acceptors (Lipinski definition) is 4. The Hall–Kier alpha value is -1.91. The van der Waals surface area contributed by atoms with Crippen molar-refractivity contribution in [2.75, 3.05) is 13.2 Å². The number of para-hydroxylation sites is 1. The Morgan fingerprint density at radius 1 is 1.05 bits per heavy atom. The van der Waals surface area contributed by atoms with Crippen LogP contribution < -0.4 is 4.74 Å². The smallest absolute Gasteiger partial charge is 0.338 e. The molecule has 110 valence electrons. The normalized spacial score (nSPS) is 10.2. The largest absolute Gasteiger partial charge is 0.508 e. The van der Waals surface area contributed by atoms with Crippen LogP contribution in [0.4, 0.5) is 0 Å². The summed E-state index contributed by atoms with van der Waals surface area (Å²) < 4.78 is 10.4. The predicted molar refractivity (Wildman–Crippen MR) is 80.3 cm³/mol. The van der Waals surface area contributed by atoms with Crippen molar-refractivity contribution in [2.24, 2.45) is 0 Å². The number of hydrogen-bond donors (Lipinski definition) is 1. The fourth-order valence-corrected chi connectivity index (χ4v) is 2.12. The van der Waals surface area contributed by atoms with E-state index in [1.807, 2.05) is 0 Å². The highest BCUT2D eigenvalue weighted by Gasteiger charge is 2.09. The summed E-state index contributed by atoms with van der Waals surface area (Å²) in [6, 6.07) is 10.9. The van der Waals surface area contributed by atoms with Gasteiger partial charge in [-0.3, -0.25) is 0 Å². The molecule has 2 aromatic carbocycles. The molecule has 0 aliphatic heterocycles. The third-order valence-electron chi connectivity index (χ3n) is 2.56. The van der Waals surface area contributed by atoms with Crippen LogP contribution in [0.2, 0.25) is 10.0 Å². The number of phenolic OH excluding ortho intramolecular Hbond substituents is 1. The van der Waals surface area contributed by atoms with Crippen molar-refractivity contribution in [3.63, 3.8) is 0 Å². The number of ether oxygens (including phenoxy) is 2. The van der Waals surface area contributed by atoms with E-state index in [9.17, 15) is 9.90 Å². The molecule has 21 heavy (non-hydrogen) atoms. The van der Waals surface area contributed by atoms with Gasteiger partial charge in [-0.2, -0.15) is 0 Å². The van der Waals surface area contributed by atoms with E-state index in [-0.39, 0.29) is 24.5 Å². The lowest BCUT2D eigenvalue weighted by Crippen LogP contribution is -2.12. The van der Waals surface area contributed by atoms with Gasteiger partial charge in [-0.05, 0) is 30.3 Å². The van der Waals surface area contributed by atoms with E-state index in [4.69, 9.17) is 32.7 Å². The fraction of sp³-hybridized carbons (Fsp3) is 0.133. The molecule has 0 bridgehead atoms. The summed E-state index contributed by atoms with van der Waals surface area (Å²) in [6.45, 7) is 0.157. The van der Waals surface area contributed by atoms with Crippen molar-refractivity contribution >= 4 is 29.2 Å². The van der Waals surface area contributed by atoms with Crippen molar-refractivity contribution in [3.05, 3.63) is 58.1 Å². The van der Waals surface area contributed by atoms with Gasteiger partial charge in [0.15, 0.2) is 5.75 Å². The minimum Gasteiger partial charge on any atom is -0.508 e. The first-order valence-electron chi connectivity index (χ1n) is 6.11. The number of carbonyl (C=O) groups excluding carboxylic acids is 1. The molecule has 0 atom stereocenters. The van der Waals surface area contributed by atoms with Crippen molar-refractivity contribution in [2.45, 2.75) is 0 Å². The van der Waals surface area contributed by atoms with Crippen LogP contribution in [0, 0.1) is 0 Å². The second kappa shape index (κ2) is 7.20. The van der Waals surface area contributed by atoms with Crippen LogP contribution in [0.1, 0.15) is 10.4 Å². The van der Waals surface area contributed by atoms with Gasteiger partial charge in [0.1, 0.15) is 19.0 Å². The van der Waals surface area contributed by atoms with Crippen molar-refractivity contribution < 1.29 is 19.4 Å². The molecule has 0 aromatic heterocycles. The molecule has 0 spiro atoms. The van der Waals surface area contributed by atoms with Crippen LogP contribution in [-0.4, -0.2) is 24.3 Å². The number of benzene rings is 2. The third-order valence-corrected chi connectivity index (χ3v) is 3.16. The molecule has 0 saturated carbocycles. The molecule has 2 rings (SSSR count). The second-order valence-electron chi connectivity index (χ2n) is 4.09. The molecule has 0 radical (unpaired) electrons. The van der Waals surface area contributed by atoms with E-state index in [0.717, 1.165) is 0 Å². The first kappa shape index (κ1) is 15.5. The van der Waals surface area contributed by atoms with Gasteiger partial charge < -0.3 is 14.6 Å². The Morgan fingerprint density at radius 3 is 2.38 bits per heavy atom. The first-order chi connectivity index (χ1) is 10.1. The topological polar surface area (TPSA) is 55.8 Å². The quantitative estimate of drug-likeness (QED) is 0.668. The van der Waals surface area contributed by atoms with Crippen LogP contribution >= 0.6 is 23.2 Å². The van der Waals surface area contributed by atoms with E-state index in [1.54, 1.807) is 30.3 Å². The lowest BCUT2D eigenvalue weighted by Gasteiger charge is -2.10. The molecule has 2 aromatic rings. The number of aromatic hydroxyl groups is 1. The zero-order chi connectivity index (χ0) is 15.2. The van der Waals surface area contributed by atoms with E-state index in [1.165, 1.54) is 12.1 Å². The highest BCUT2D eigenvalue weighted by Crippen LogP contribution is 2.32. The zero-order valence-electron chi connectivity index (χ0n) is 10.9. The maximum atomic E-state index is 11.7. The molecule has 1 N–H and O–H groups in total. The van der Waals surface area contributed by atoms with Crippen LogP contribution in [-0.2, 0) is 4.74 Å². The van der Waals surface area contributed by atoms with Gasteiger partial charge in [0, 0.05) is 0 Å². The van der Waals surface area contributed by atoms with Crippen molar-refractivity contribution in [1.29, 1.82) is 0 Å². The predicted octanol–water partition coefficient (Wildman–Crippen LogP) is 3.93. The van der Waals surface area contributed by atoms with E-state index in [2.05, 4.69) is 0 Å². The van der Waals surface area contributed by atoms with Crippen LogP contribution in [0.5, 0.6) is 11.5 Å². The van der Waals surface area contributed by atoms with E-state index in [0.29, 0.717) is 15.8 Å². The van der Waals surface area contributed by atoms with E-state index >= 15 is 0 Å². The summed E-state index contributed by atoms with van der Waals surface area (Å²) in [7, 11) is 0. The molecular formula is C15H12Cl2O4. The van der Waals surface area contributed by atoms with Crippen molar-refractivity contribution in [3.8, 4) is 11.5 Å². The molecule has 0 aliphatic rings. The highest BCUT2D eigenvalue weighted by molar-refractivity contribution is 6.37. The van der Waals surface area contributed by atoms with Crippen LogP contribution in [0.3, 0.4) is 0 Å². The average Bonchev–Trinajstić information content (AvgIpc) is 2.45. The SMILES string of the molecule is O=C(OCCOc1c(Cl)cccc1Cl)c1cccc(O)c1. The minimum absolute atomic E-state index is 0.00329. The number of esters is 1. The second-order valence-corrected chi connectivity index (χ2v) is 4.90. The zero-order valence-corrected chi connectivity index (χ0v) is 12.4. The average molecular weight is 327 g/mol. The maximum Gasteiger partial charge on any atom is 0.338 e. The summed E-state index contributed by atoms with van der Waals surface area (Å²) in [5.74, 6) is -0.183. The Kier molecular flexibility index (Phi) is 5.31. The molecule has 0 saturated heterocycles. The van der Waals surface area contributed by atoms with Crippen molar-refractivity contribution in [1.82, 2.24) is 0 Å². The van der Waals surface area contributed by atoms with Crippen LogP contribution in [0.15, 0.2) is 42.5 Å². The number of carbonyl (C=O) groups is 1. The Morgan fingerprint density at radius 2 is 1.71 bits per heavy atom. The monoisotopic (exact) mass is 326 g/mol. The molecule has 0 fully saturated rings. The van der Waals surface area contributed by atoms with Gasteiger partial charge in [0.25, 0.3) is 0 Å². The summed E-state index contributed by atoms with van der Waals surface area (Å²) in [4.78, 5) is 11.7. The van der Waals surface area contributed by atoms with Gasteiger partial charge >= 0.3 is 5.97 Å². The summed E-state index contributed by atoms with van der Waals surface area (Å²) >= 11 is 11.9. The lowest BCUT2D eigenvalue weighted by atomic mass is 10.2. The third kappa shape index (κ3) is 4.28. The van der Waals surface area contributed by atoms with Crippen LogP contribution in [0.25, 0.3) is 0 Å². The molecule has 4 nitrogen and oxygen atoms in total. The molecule has 0 unspecified atom stereocenters. The lowest BCUT2D eigenvalue weighted by molar-refractivity contribution is 0.0450. The number of halogens is 2. The van der Waals surface area contributed by atoms with Gasteiger partial charge in [-0.25, -0.2) is 4.79 Å². The first-order valence-corrected chi connectivity index (χ1v) is 6.86. The number of rotatable bonds is 5. The summed E-state index contributed by atoms with van der Waals surface area (Å²) in [6.07, 6.45) is 0. The fourth-order valence-electron chi connectivity index (χ4n) is 1.61.